The first-order chi connectivity index (χ1) is 8.88. The van der Waals surface area contributed by atoms with Crippen LogP contribution in [-0.4, -0.2) is 17.0 Å². The number of carbonyl (C=O) groups excluding carboxylic acids is 1. The zero-order valence-corrected chi connectivity index (χ0v) is 11.9. The standard InChI is InChI=1S/C15H21NO3/c1-5-12-8-6-7-9(2)13(12)16-14(17)10(3)11(4)15(18)19/h6-8,10-11H,5H2,1-4H3,(H,16,17)(H,18,19). The van der Waals surface area contributed by atoms with Crippen molar-refractivity contribution < 1.29 is 14.7 Å². The first-order valence-corrected chi connectivity index (χ1v) is 6.50. The molecule has 4 nitrogen and oxygen atoms in total. The maximum absolute atomic E-state index is 12.1. The highest BCUT2D eigenvalue weighted by molar-refractivity contribution is 5.96. The lowest BCUT2D eigenvalue weighted by Gasteiger charge is -2.18. The third-order valence-electron chi connectivity index (χ3n) is 3.54. The number of carbonyl (C=O) groups is 2. The maximum Gasteiger partial charge on any atom is 0.307 e. The minimum absolute atomic E-state index is 0.251. The molecule has 0 saturated carbocycles. The van der Waals surface area contributed by atoms with Gasteiger partial charge in [0, 0.05) is 11.6 Å². The van der Waals surface area contributed by atoms with Gasteiger partial charge in [0.25, 0.3) is 0 Å². The van der Waals surface area contributed by atoms with Crippen LogP contribution >= 0.6 is 0 Å². The number of amides is 1. The predicted octanol–water partition coefficient (Wildman–Crippen LogP) is 2.85. The van der Waals surface area contributed by atoms with Gasteiger partial charge in [0.1, 0.15) is 0 Å². The number of hydrogen-bond donors (Lipinski definition) is 2. The van der Waals surface area contributed by atoms with Gasteiger partial charge >= 0.3 is 5.97 Å². The van der Waals surface area contributed by atoms with Gasteiger partial charge in [0.05, 0.1) is 5.92 Å². The number of nitrogens with one attached hydrogen (secondary N) is 1. The van der Waals surface area contributed by atoms with Crippen molar-refractivity contribution in [3.63, 3.8) is 0 Å². The number of rotatable bonds is 5. The molecule has 0 spiro atoms. The lowest BCUT2D eigenvalue weighted by Crippen LogP contribution is -2.30. The number of carboxylic acid groups (broad SMARTS) is 1. The van der Waals surface area contributed by atoms with E-state index in [2.05, 4.69) is 5.32 Å². The highest BCUT2D eigenvalue weighted by Gasteiger charge is 2.26. The average Bonchev–Trinajstić information content (AvgIpc) is 2.38. The van der Waals surface area contributed by atoms with Crippen molar-refractivity contribution in [1.82, 2.24) is 0 Å². The monoisotopic (exact) mass is 263 g/mol. The molecular weight excluding hydrogens is 242 g/mol. The number of carboxylic acids is 1. The van der Waals surface area contributed by atoms with Crippen molar-refractivity contribution in [2.75, 3.05) is 5.32 Å². The largest absolute Gasteiger partial charge is 0.481 e. The zero-order valence-electron chi connectivity index (χ0n) is 11.9. The summed E-state index contributed by atoms with van der Waals surface area (Å²) in [6, 6.07) is 5.85. The third kappa shape index (κ3) is 3.56. The lowest BCUT2D eigenvalue weighted by atomic mass is 9.95. The normalized spacial score (nSPS) is 13.7. The molecule has 1 amide bonds. The van der Waals surface area contributed by atoms with E-state index in [9.17, 15) is 9.59 Å². The highest BCUT2D eigenvalue weighted by Crippen LogP contribution is 2.23. The fourth-order valence-electron chi connectivity index (χ4n) is 1.88. The molecule has 4 heteroatoms. The van der Waals surface area contributed by atoms with Crippen LogP contribution in [-0.2, 0) is 16.0 Å². The summed E-state index contributed by atoms with van der Waals surface area (Å²) in [6.45, 7) is 7.14. The molecule has 2 atom stereocenters. The molecule has 19 heavy (non-hydrogen) atoms. The van der Waals surface area contributed by atoms with Crippen LogP contribution in [0.1, 0.15) is 31.9 Å². The van der Waals surface area contributed by atoms with Crippen LogP contribution in [0.25, 0.3) is 0 Å². The van der Waals surface area contributed by atoms with E-state index in [0.29, 0.717) is 0 Å². The molecular formula is C15H21NO3. The Kier molecular flexibility index (Phi) is 5.10. The lowest BCUT2D eigenvalue weighted by molar-refractivity contribution is -0.145. The van der Waals surface area contributed by atoms with E-state index in [1.165, 1.54) is 0 Å². The first kappa shape index (κ1) is 15.2. The van der Waals surface area contributed by atoms with Crippen molar-refractivity contribution in [3.05, 3.63) is 29.3 Å². The fraction of sp³-hybridized carbons (Fsp3) is 0.467. The molecule has 2 N–H and O–H groups in total. The van der Waals surface area contributed by atoms with Crippen LogP contribution in [0.4, 0.5) is 5.69 Å². The first-order valence-electron chi connectivity index (χ1n) is 6.50. The fourth-order valence-corrected chi connectivity index (χ4v) is 1.88. The van der Waals surface area contributed by atoms with E-state index in [0.717, 1.165) is 23.2 Å². The van der Waals surface area contributed by atoms with Crippen LogP contribution in [0.15, 0.2) is 18.2 Å². The Labute approximate surface area is 113 Å². The van der Waals surface area contributed by atoms with Crippen LogP contribution in [0.2, 0.25) is 0 Å². The summed E-state index contributed by atoms with van der Waals surface area (Å²) >= 11 is 0. The molecule has 0 aromatic heterocycles. The van der Waals surface area contributed by atoms with E-state index in [-0.39, 0.29) is 5.91 Å². The smallest absolute Gasteiger partial charge is 0.307 e. The topological polar surface area (TPSA) is 66.4 Å². The molecule has 0 saturated heterocycles. The molecule has 0 fully saturated rings. The summed E-state index contributed by atoms with van der Waals surface area (Å²) in [5.41, 5.74) is 2.85. The molecule has 1 rings (SSSR count). The van der Waals surface area contributed by atoms with Gasteiger partial charge < -0.3 is 10.4 Å². The summed E-state index contributed by atoms with van der Waals surface area (Å²) in [5, 5.41) is 11.8. The van der Waals surface area contributed by atoms with E-state index < -0.39 is 17.8 Å². The summed E-state index contributed by atoms with van der Waals surface area (Å²) < 4.78 is 0. The second-order valence-electron chi connectivity index (χ2n) is 4.87. The molecule has 0 aliphatic rings. The van der Waals surface area contributed by atoms with E-state index in [4.69, 9.17) is 5.11 Å². The molecule has 0 heterocycles. The summed E-state index contributed by atoms with van der Waals surface area (Å²) in [6.07, 6.45) is 0.820. The zero-order chi connectivity index (χ0) is 14.6. The predicted molar refractivity (Wildman–Crippen MR) is 75.2 cm³/mol. The van der Waals surface area contributed by atoms with Crippen LogP contribution in [0.5, 0.6) is 0 Å². The van der Waals surface area contributed by atoms with Crippen molar-refractivity contribution in [1.29, 1.82) is 0 Å². The minimum atomic E-state index is -0.955. The highest BCUT2D eigenvalue weighted by atomic mass is 16.4. The number of aliphatic carboxylic acids is 1. The number of benzene rings is 1. The molecule has 104 valence electrons. The van der Waals surface area contributed by atoms with Gasteiger partial charge in [-0.15, -0.1) is 0 Å². The molecule has 1 aromatic rings. The van der Waals surface area contributed by atoms with Gasteiger partial charge in [0.15, 0.2) is 0 Å². The number of aryl methyl sites for hydroxylation is 2. The van der Waals surface area contributed by atoms with Crippen LogP contribution < -0.4 is 5.32 Å². The number of para-hydroxylation sites is 1. The Balaban J connectivity index is 2.91. The Morgan fingerprint density at radius 1 is 1.26 bits per heavy atom. The molecule has 0 aliphatic heterocycles. The second kappa shape index (κ2) is 6.36. The Morgan fingerprint density at radius 3 is 2.42 bits per heavy atom. The van der Waals surface area contributed by atoms with E-state index in [1.807, 2.05) is 32.0 Å². The van der Waals surface area contributed by atoms with Gasteiger partial charge in [-0.3, -0.25) is 9.59 Å². The van der Waals surface area contributed by atoms with Crippen LogP contribution in [0.3, 0.4) is 0 Å². The summed E-state index contributed by atoms with van der Waals surface area (Å²) in [4.78, 5) is 23.0. The minimum Gasteiger partial charge on any atom is -0.481 e. The summed E-state index contributed by atoms with van der Waals surface area (Å²) in [5.74, 6) is -2.47. The van der Waals surface area contributed by atoms with Crippen molar-refractivity contribution >= 4 is 17.6 Å². The van der Waals surface area contributed by atoms with Gasteiger partial charge in [0.2, 0.25) is 5.91 Å². The van der Waals surface area contributed by atoms with Gasteiger partial charge in [-0.1, -0.05) is 39.0 Å². The van der Waals surface area contributed by atoms with Gasteiger partial charge in [-0.2, -0.15) is 0 Å². The molecule has 1 aromatic carbocycles. The second-order valence-corrected chi connectivity index (χ2v) is 4.87. The maximum atomic E-state index is 12.1. The quantitative estimate of drug-likeness (QED) is 0.858. The molecule has 0 radical (unpaired) electrons. The number of hydrogen-bond acceptors (Lipinski definition) is 2. The SMILES string of the molecule is CCc1cccc(C)c1NC(=O)C(C)C(C)C(=O)O. The van der Waals surface area contributed by atoms with Gasteiger partial charge in [-0.25, -0.2) is 0 Å². The Bertz CT molecular complexity index is 482. The van der Waals surface area contributed by atoms with Crippen molar-refractivity contribution in [2.24, 2.45) is 11.8 Å². The summed E-state index contributed by atoms with van der Waals surface area (Å²) in [7, 11) is 0. The van der Waals surface area contributed by atoms with Gasteiger partial charge in [-0.05, 0) is 24.5 Å². The number of anilines is 1. The van der Waals surface area contributed by atoms with Crippen molar-refractivity contribution in [2.45, 2.75) is 34.1 Å². The van der Waals surface area contributed by atoms with E-state index >= 15 is 0 Å². The Hall–Kier alpha value is -1.84. The molecule has 2 unspecified atom stereocenters. The molecule has 0 bridgehead atoms. The Morgan fingerprint density at radius 2 is 1.89 bits per heavy atom. The van der Waals surface area contributed by atoms with Crippen molar-refractivity contribution in [3.8, 4) is 0 Å². The average molecular weight is 263 g/mol. The molecule has 0 aliphatic carbocycles. The third-order valence-corrected chi connectivity index (χ3v) is 3.54. The van der Waals surface area contributed by atoms with Crippen LogP contribution in [0, 0.1) is 18.8 Å². The van der Waals surface area contributed by atoms with E-state index in [1.54, 1.807) is 13.8 Å².